The topological polar surface area (TPSA) is 63.9 Å². The average molecular weight is 398 g/mol. The van der Waals surface area contributed by atoms with Crippen LogP contribution >= 0.6 is 11.8 Å². The molecule has 1 amide bonds. The number of piperidine rings is 1. The van der Waals surface area contributed by atoms with Crippen molar-refractivity contribution in [1.82, 2.24) is 24.6 Å². The predicted octanol–water partition coefficient (Wildman–Crippen LogP) is 4.27. The van der Waals surface area contributed by atoms with Crippen molar-refractivity contribution in [3.63, 3.8) is 0 Å². The quantitative estimate of drug-likeness (QED) is 0.615. The van der Waals surface area contributed by atoms with E-state index in [-0.39, 0.29) is 11.2 Å². The Balaban J connectivity index is 1.62. The lowest BCUT2D eigenvalue weighted by molar-refractivity contribution is -0.136. The third-order valence-corrected chi connectivity index (χ3v) is 6.69. The lowest BCUT2D eigenvalue weighted by Gasteiger charge is -2.40. The van der Waals surface area contributed by atoms with Crippen molar-refractivity contribution < 1.29 is 4.79 Å². The number of aromatic nitrogens is 4. The highest BCUT2D eigenvalue weighted by Crippen LogP contribution is 2.30. The van der Waals surface area contributed by atoms with Crippen molar-refractivity contribution >= 4 is 39.7 Å². The maximum Gasteiger partial charge on any atom is 0.236 e. The molecule has 148 valence electrons. The number of nitrogens with zero attached hydrogens (tertiary/aromatic N) is 5. The van der Waals surface area contributed by atoms with Gasteiger partial charge in [-0.05, 0) is 53.0 Å². The average Bonchev–Trinajstić information content (AvgIpc) is 3.00. The van der Waals surface area contributed by atoms with Gasteiger partial charge in [-0.3, -0.25) is 4.79 Å². The first-order valence-corrected chi connectivity index (χ1v) is 11.0. The van der Waals surface area contributed by atoms with Crippen LogP contribution in [0.5, 0.6) is 0 Å². The molecule has 0 saturated carbocycles. The lowest BCUT2D eigenvalue weighted by Crippen LogP contribution is -2.50. The van der Waals surface area contributed by atoms with Crippen LogP contribution in [0.1, 0.15) is 47.0 Å². The number of hydrogen-bond acceptors (Lipinski definition) is 5. The van der Waals surface area contributed by atoms with Crippen LogP contribution in [-0.2, 0) is 11.3 Å². The van der Waals surface area contributed by atoms with Gasteiger partial charge in [-0.2, -0.15) is 0 Å². The summed E-state index contributed by atoms with van der Waals surface area (Å²) in [6.07, 6.45) is 3.35. The van der Waals surface area contributed by atoms with Crippen molar-refractivity contribution in [3.05, 3.63) is 24.3 Å². The number of carbonyl (C=O) groups excluding carboxylic acids is 1. The zero-order chi connectivity index (χ0) is 19.8. The van der Waals surface area contributed by atoms with Crippen LogP contribution in [0.15, 0.2) is 29.4 Å². The molecule has 1 saturated heterocycles. The normalized spacial score (nSPS) is 21.4. The Morgan fingerprint density at radius 3 is 2.64 bits per heavy atom. The SMILES string of the molecule is CCn1c2ccccc2c2nnc(S[C@@H](C)C(=O)N3[C@H](C)CCC[C@@H]3C)nc21. The van der Waals surface area contributed by atoms with Crippen LogP contribution in [0.2, 0.25) is 0 Å². The van der Waals surface area contributed by atoms with Gasteiger partial charge in [0.25, 0.3) is 0 Å². The van der Waals surface area contributed by atoms with E-state index in [1.54, 1.807) is 0 Å². The Labute approximate surface area is 169 Å². The van der Waals surface area contributed by atoms with E-state index in [1.165, 1.54) is 18.2 Å². The van der Waals surface area contributed by atoms with Gasteiger partial charge in [0, 0.05) is 24.0 Å². The molecule has 0 aliphatic carbocycles. The van der Waals surface area contributed by atoms with Gasteiger partial charge in [-0.25, -0.2) is 4.98 Å². The van der Waals surface area contributed by atoms with E-state index in [1.807, 2.05) is 19.1 Å². The minimum Gasteiger partial charge on any atom is -0.336 e. The molecule has 6 nitrogen and oxygen atoms in total. The maximum absolute atomic E-state index is 13.1. The lowest BCUT2D eigenvalue weighted by atomic mass is 9.97. The zero-order valence-electron chi connectivity index (χ0n) is 16.9. The number of amides is 1. The van der Waals surface area contributed by atoms with E-state index in [4.69, 9.17) is 4.98 Å². The zero-order valence-corrected chi connectivity index (χ0v) is 17.7. The monoisotopic (exact) mass is 397 g/mol. The second-order valence-corrected chi connectivity index (χ2v) is 8.97. The fraction of sp³-hybridized carbons (Fsp3) is 0.524. The Bertz CT molecular complexity index is 1010. The molecule has 4 rings (SSSR count). The van der Waals surface area contributed by atoms with Gasteiger partial charge < -0.3 is 9.47 Å². The molecule has 3 atom stereocenters. The molecule has 1 aliphatic heterocycles. The van der Waals surface area contributed by atoms with E-state index >= 15 is 0 Å². The molecule has 0 radical (unpaired) electrons. The fourth-order valence-corrected chi connectivity index (χ4v) is 5.10. The first kappa shape index (κ1) is 19.2. The summed E-state index contributed by atoms with van der Waals surface area (Å²) in [6.45, 7) is 9.16. The van der Waals surface area contributed by atoms with E-state index in [2.05, 4.69) is 52.6 Å². The summed E-state index contributed by atoms with van der Waals surface area (Å²) in [6, 6.07) is 8.76. The van der Waals surface area contributed by atoms with Crippen molar-refractivity contribution in [2.24, 2.45) is 0 Å². The molecule has 3 heterocycles. The highest BCUT2D eigenvalue weighted by Gasteiger charge is 2.32. The molecular weight excluding hydrogens is 370 g/mol. The molecule has 0 spiro atoms. The van der Waals surface area contributed by atoms with E-state index in [9.17, 15) is 4.79 Å². The van der Waals surface area contributed by atoms with Gasteiger partial charge in [0.05, 0.1) is 10.8 Å². The molecule has 1 aliphatic rings. The Kier molecular flexibility index (Phi) is 5.27. The van der Waals surface area contributed by atoms with Crippen LogP contribution in [0.3, 0.4) is 0 Å². The number of likely N-dealkylation sites (tertiary alicyclic amines) is 1. The standard InChI is InChI=1S/C21H27N5OS/c1-5-25-17-12-7-6-11-16(17)18-19(25)22-21(24-23-18)28-15(4)20(27)26-13(2)9-8-10-14(26)3/h6-7,11-15H,5,8-10H2,1-4H3/t13-,14+,15-/m0/s1. The molecule has 0 bridgehead atoms. The molecule has 1 fully saturated rings. The summed E-state index contributed by atoms with van der Waals surface area (Å²) in [4.78, 5) is 19.9. The minimum atomic E-state index is -0.235. The number of para-hydroxylation sites is 1. The van der Waals surface area contributed by atoms with Crippen LogP contribution < -0.4 is 0 Å². The van der Waals surface area contributed by atoms with Crippen molar-refractivity contribution in [1.29, 1.82) is 0 Å². The molecule has 2 aromatic heterocycles. The van der Waals surface area contributed by atoms with Crippen LogP contribution in [0, 0.1) is 0 Å². The first-order valence-electron chi connectivity index (χ1n) is 10.1. The molecule has 0 N–H and O–H groups in total. The fourth-order valence-electron chi connectivity index (χ4n) is 4.33. The van der Waals surface area contributed by atoms with Gasteiger partial charge in [0.1, 0.15) is 5.52 Å². The smallest absolute Gasteiger partial charge is 0.236 e. The number of thioether (sulfide) groups is 1. The van der Waals surface area contributed by atoms with E-state index in [0.717, 1.165) is 41.5 Å². The summed E-state index contributed by atoms with van der Waals surface area (Å²) >= 11 is 1.40. The molecule has 28 heavy (non-hydrogen) atoms. The van der Waals surface area contributed by atoms with Gasteiger partial charge in [0.15, 0.2) is 5.65 Å². The second-order valence-electron chi connectivity index (χ2n) is 7.66. The van der Waals surface area contributed by atoms with Crippen LogP contribution in [-0.4, -0.2) is 47.9 Å². The summed E-state index contributed by atoms with van der Waals surface area (Å²) < 4.78 is 2.16. The molecule has 3 aromatic rings. The number of benzene rings is 1. The number of rotatable bonds is 4. The van der Waals surface area contributed by atoms with Crippen molar-refractivity contribution in [3.8, 4) is 0 Å². The number of fused-ring (bicyclic) bond motifs is 3. The van der Waals surface area contributed by atoms with Gasteiger partial charge in [-0.1, -0.05) is 30.0 Å². The Morgan fingerprint density at radius 1 is 1.21 bits per heavy atom. The predicted molar refractivity (Wildman–Crippen MR) is 113 cm³/mol. The summed E-state index contributed by atoms with van der Waals surface area (Å²) in [5.41, 5.74) is 2.77. The van der Waals surface area contributed by atoms with E-state index in [0.29, 0.717) is 17.2 Å². The third kappa shape index (κ3) is 3.26. The Hall–Kier alpha value is -2.15. The summed E-state index contributed by atoms with van der Waals surface area (Å²) in [7, 11) is 0. The molecule has 1 aromatic carbocycles. The highest BCUT2D eigenvalue weighted by atomic mass is 32.2. The van der Waals surface area contributed by atoms with Crippen LogP contribution in [0.4, 0.5) is 0 Å². The number of aryl methyl sites for hydroxylation is 1. The summed E-state index contributed by atoms with van der Waals surface area (Å²) in [5, 5.41) is 10.2. The Morgan fingerprint density at radius 2 is 1.93 bits per heavy atom. The van der Waals surface area contributed by atoms with E-state index < -0.39 is 0 Å². The third-order valence-electron chi connectivity index (χ3n) is 5.75. The largest absolute Gasteiger partial charge is 0.336 e. The second kappa shape index (κ2) is 7.70. The van der Waals surface area contributed by atoms with Gasteiger partial charge >= 0.3 is 0 Å². The molecule has 0 unspecified atom stereocenters. The number of hydrogen-bond donors (Lipinski definition) is 0. The van der Waals surface area contributed by atoms with Crippen LogP contribution in [0.25, 0.3) is 22.1 Å². The van der Waals surface area contributed by atoms with Crippen molar-refractivity contribution in [2.45, 2.75) is 76.0 Å². The number of carbonyl (C=O) groups is 1. The first-order chi connectivity index (χ1) is 13.5. The minimum absolute atomic E-state index is 0.171. The van der Waals surface area contributed by atoms with Gasteiger partial charge in [0.2, 0.25) is 11.1 Å². The van der Waals surface area contributed by atoms with Gasteiger partial charge in [-0.15, -0.1) is 10.2 Å². The molecule has 7 heteroatoms. The molecular formula is C21H27N5OS. The van der Waals surface area contributed by atoms with Crippen molar-refractivity contribution in [2.75, 3.05) is 0 Å². The maximum atomic E-state index is 13.1. The summed E-state index contributed by atoms with van der Waals surface area (Å²) in [5.74, 6) is 0.171. The highest BCUT2D eigenvalue weighted by molar-refractivity contribution is 8.00.